The summed E-state index contributed by atoms with van der Waals surface area (Å²) in [4.78, 5) is 13.1. The van der Waals surface area contributed by atoms with Crippen molar-refractivity contribution in [2.75, 3.05) is 25.1 Å². The van der Waals surface area contributed by atoms with E-state index in [0.717, 1.165) is 0 Å². The zero-order valence-electron chi connectivity index (χ0n) is 8.98. The van der Waals surface area contributed by atoms with Crippen molar-refractivity contribution < 1.29 is 13.2 Å². The summed E-state index contributed by atoms with van der Waals surface area (Å²) in [5.41, 5.74) is 5.31. The Balaban J connectivity index is 2.47. The van der Waals surface area contributed by atoms with Crippen LogP contribution in [0.15, 0.2) is 0 Å². The van der Waals surface area contributed by atoms with Crippen LogP contribution in [0.3, 0.4) is 0 Å². The summed E-state index contributed by atoms with van der Waals surface area (Å²) in [6.07, 6.45) is 1.62. The van der Waals surface area contributed by atoms with Crippen molar-refractivity contribution in [1.82, 2.24) is 4.90 Å². The zero-order chi connectivity index (χ0) is 11.5. The van der Waals surface area contributed by atoms with Crippen molar-refractivity contribution in [1.29, 1.82) is 0 Å². The van der Waals surface area contributed by atoms with Crippen LogP contribution in [0.5, 0.6) is 0 Å². The summed E-state index contributed by atoms with van der Waals surface area (Å²) in [5.74, 6) is 0.298. The van der Waals surface area contributed by atoms with Crippen LogP contribution in [0.1, 0.15) is 19.3 Å². The third-order valence-corrected chi connectivity index (χ3v) is 4.49. The Morgan fingerprint density at radius 3 is 2.67 bits per heavy atom. The number of rotatable bonds is 4. The van der Waals surface area contributed by atoms with Crippen LogP contribution in [-0.4, -0.2) is 50.4 Å². The van der Waals surface area contributed by atoms with Crippen LogP contribution in [0.2, 0.25) is 0 Å². The Labute approximate surface area is 90.5 Å². The number of carbonyl (C=O) groups excluding carboxylic acids is 1. The third kappa shape index (κ3) is 3.46. The Hall–Kier alpha value is -0.620. The minimum Gasteiger partial charge on any atom is -0.342 e. The first-order chi connectivity index (χ1) is 6.96. The van der Waals surface area contributed by atoms with Gasteiger partial charge in [-0.05, 0) is 19.4 Å². The van der Waals surface area contributed by atoms with Gasteiger partial charge in [-0.1, -0.05) is 0 Å². The van der Waals surface area contributed by atoms with E-state index in [1.807, 2.05) is 0 Å². The van der Waals surface area contributed by atoms with E-state index in [9.17, 15) is 13.2 Å². The second-order valence-electron chi connectivity index (χ2n) is 3.95. The van der Waals surface area contributed by atoms with Crippen molar-refractivity contribution >= 4 is 15.7 Å². The third-order valence-electron chi connectivity index (χ3n) is 2.74. The van der Waals surface area contributed by atoms with Gasteiger partial charge in [0.25, 0.3) is 0 Å². The highest BCUT2D eigenvalue weighted by atomic mass is 32.2. The molecule has 0 aliphatic carbocycles. The first kappa shape index (κ1) is 12.4. The lowest BCUT2D eigenvalue weighted by atomic mass is 10.2. The van der Waals surface area contributed by atoms with E-state index < -0.39 is 9.84 Å². The van der Waals surface area contributed by atoms with Crippen molar-refractivity contribution in [2.45, 2.75) is 25.3 Å². The van der Waals surface area contributed by atoms with Crippen LogP contribution in [0.25, 0.3) is 0 Å². The lowest BCUT2D eigenvalue weighted by Crippen LogP contribution is -2.37. The van der Waals surface area contributed by atoms with E-state index in [4.69, 9.17) is 5.73 Å². The van der Waals surface area contributed by atoms with Gasteiger partial charge in [0.05, 0.1) is 11.5 Å². The molecule has 0 spiro atoms. The van der Waals surface area contributed by atoms with Crippen LogP contribution in [-0.2, 0) is 14.6 Å². The average Bonchev–Trinajstić information content (AvgIpc) is 2.54. The van der Waals surface area contributed by atoms with Gasteiger partial charge < -0.3 is 10.6 Å². The first-order valence-corrected chi connectivity index (χ1v) is 6.94. The largest absolute Gasteiger partial charge is 0.342 e. The van der Waals surface area contributed by atoms with E-state index >= 15 is 0 Å². The molecule has 1 rings (SSSR count). The zero-order valence-corrected chi connectivity index (χ0v) is 9.79. The predicted octanol–water partition coefficient (Wildman–Crippen LogP) is -0.629. The molecule has 6 heteroatoms. The highest BCUT2D eigenvalue weighted by molar-refractivity contribution is 7.91. The molecule has 0 saturated carbocycles. The molecule has 0 aromatic heterocycles. The molecule has 88 valence electrons. The number of hydrogen-bond donors (Lipinski definition) is 1. The standard InChI is InChI=1S/C9H18N2O3S/c1-11(9(12)3-2-5-10)8-4-6-15(13,14)7-8/h8H,2-7,10H2,1H3. The number of nitrogens with two attached hydrogens (primary N) is 1. The summed E-state index contributed by atoms with van der Waals surface area (Å²) >= 11 is 0. The Morgan fingerprint density at radius 1 is 1.53 bits per heavy atom. The van der Waals surface area contributed by atoms with Crippen molar-refractivity contribution in [3.63, 3.8) is 0 Å². The molecule has 0 aromatic rings. The second-order valence-corrected chi connectivity index (χ2v) is 6.18. The van der Waals surface area contributed by atoms with Gasteiger partial charge in [-0.3, -0.25) is 4.79 Å². The first-order valence-electron chi connectivity index (χ1n) is 5.12. The highest BCUT2D eigenvalue weighted by Crippen LogP contribution is 2.17. The topological polar surface area (TPSA) is 80.5 Å². The van der Waals surface area contributed by atoms with E-state index in [2.05, 4.69) is 0 Å². The molecule has 2 N–H and O–H groups in total. The second kappa shape index (κ2) is 4.94. The van der Waals surface area contributed by atoms with E-state index in [1.54, 1.807) is 11.9 Å². The molecule has 5 nitrogen and oxygen atoms in total. The number of carbonyl (C=O) groups is 1. The summed E-state index contributed by atoms with van der Waals surface area (Å²) < 4.78 is 22.4. The van der Waals surface area contributed by atoms with Crippen molar-refractivity contribution in [3.8, 4) is 0 Å². The molecule has 1 heterocycles. The van der Waals surface area contributed by atoms with E-state index in [0.29, 0.717) is 25.8 Å². The molecule has 0 bridgehead atoms. The monoisotopic (exact) mass is 234 g/mol. The number of hydrogen-bond acceptors (Lipinski definition) is 4. The summed E-state index contributed by atoms with van der Waals surface area (Å²) in [5, 5.41) is 0. The summed E-state index contributed by atoms with van der Waals surface area (Å²) in [7, 11) is -1.24. The molecular formula is C9H18N2O3S. The smallest absolute Gasteiger partial charge is 0.222 e. The predicted molar refractivity (Wildman–Crippen MR) is 58.1 cm³/mol. The maximum Gasteiger partial charge on any atom is 0.222 e. The Bertz CT molecular complexity index is 326. The normalized spacial score (nSPS) is 24.0. The number of sulfone groups is 1. The molecule has 15 heavy (non-hydrogen) atoms. The molecule has 0 radical (unpaired) electrons. The number of amides is 1. The van der Waals surface area contributed by atoms with Gasteiger partial charge in [-0.2, -0.15) is 0 Å². The minimum atomic E-state index is -2.91. The van der Waals surface area contributed by atoms with Gasteiger partial charge in [0.1, 0.15) is 0 Å². The molecule has 1 unspecified atom stereocenters. The molecule has 1 saturated heterocycles. The van der Waals surface area contributed by atoms with E-state index in [-0.39, 0.29) is 23.5 Å². The van der Waals surface area contributed by atoms with Gasteiger partial charge in [-0.15, -0.1) is 0 Å². The summed E-state index contributed by atoms with van der Waals surface area (Å²) in [6.45, 7) is 0.489. The fraction of sp³-hybridized carbons (Fsp3) is 0.889. The van der Waals surface area contributed by atoms with Crippen molar-refractivity contribution in [3.05, 3.63) is 0 Å². The Kier molecular flexibility index (Phi) is 4.10. The quantitative estimate of drug-likeness (QED) is 0.702. The van der Waals surface area contributed by atoms with Gasteiger partial charge in [-0.25, -0.2) is 8.42 Å². The van der Waals surface area contributed by atoms with Gasteiger partial charge in [0.2, 0.25) is 5.91 Å². The lowest BCUT2D eigenvalue weighted by molar-refractivity contribution is -0.131. The van der Waals surface area contributed by atoms with Crippen LogP contribution < -0.4 is 5.73 Å². The van der Waals surface area contributed by atoms with Crippen LogP contribution in [0, 0.1) is 0 Å². The fourth-order valence-corrected chi connectivity index (χ4v) is 3.49. The average molecular weight is 234 g/mol. The van der Waals surface area contributed by atoms with Gasteiger partial charge >= 0.3 is 0 Å². The summed E-state index contributed by atoms with van der Waals surface area (Å²) in [6, 6.07) is -0.139. The minimum absolute atomic E-state index is 0.0115. The molecule has 0 aromatic carbocycles. The van der Waals surface area contributed by atoms with Gasteiger partial charge in [0.15, 0.2) is 9.84 Å². The Morgan fingerprint density at radius 2 is 2.20 bits per heavy atom. The fourth-order valence-electron chi connectivity index (χ4n) is 1.71. The van der Waals surface area contributed by atoms with Gasteiger partial charge in [0, 0.05) is 19.5 Å². The van der Waals surface area contributed by atoms with E-state index in [1.165, 1.54) is 0 Å². The molecule has 1 aliphatic rings. The SMILES string of the molecule is CN(C(=O)CCCN)C1CCS(=O)(=O)C1. The molecule has 1 fully saturated rings. The van der Waals surface area contributed by atoms with Crippen LogP contribution >= 0.6 is 0 Å². The maximum atomic E-state index is 11.6. The highest BCUT2D eigenvalue weighted by Gasteiger charge is 2.32. The molecule has 1 atom stereocenters. The lowest BCUT2D eigenvalue weighted by Gasteiger charge is -2.23. The molecule has 1 aliphatic heterocycles. The maximum absolute atomic E-state index is 11.6. The molecular weight excluding hydrogens is 216 g/mol. The number of nitrogens with zero attached hydrogens (tertiary/aromatic N) is 1. The van der Waals surface area contributed by atoms with Crippen molar-refractivity contribution in [2.24, 2.45) is 5.73 Å². The molecule has 1 amide bonds. The van der Waals surface area contributed by atoms with Crippen LogP contribution in [0.4, 0.5) is 0 Å².